The van der Waals surface area contributed by atoms with Gasteiger partial charge in [-0.25, -0.2) is 0 Å². The summed E-state index contributed by atoms with van der Waals surface area (Å²) < 4.78 is 0. The Bertz CT molecular complexity index is 99.0. The van der Waals surface area contributed by atoms with E-state index in [1.165, 1.54) is 0 Å². The molecule has 0 aliphatic heterocycles. The van der Waals surface area contributed by atoms with E-state index in [0.29, 0.717) is 24.2 Å². The van der Waals surface area contributed by atoms with E-state index in [1.807, 2.05) is 0 Å². The topological polar surface area (TPSA) is 104 Å². The predicted octanol–water partition coefficient (Wildman–Crippen LogP) is -1.13. The molecule has 0 amide bonds. The van der Waals surface area contributed by atoms with Crippen molar-refractivity contribution in [1.29, 1.82) is 0 Å². The Balaban J connectivity index is 0.000000120. The Morgan fingerprint density at radius 2 is 0.667 bits per heavy atom. The molecule has 0 atom stereocenters. The molecule has 12 heavy (non-hydrogen) atoms. The summed E-state index contributed by atoms with van der Waals surface area (Å²) in [5.41, 5.74) is 21.6. The summed E-state index contributed by atoms with van der Waals surface area (Å²) in [7, 11) is 0. The van der Waals surface area contributed by atoms with Gasteiger partial charge in [0.1, 0.15) is 0 Å². The van der Waals surface area contributed by atoms with Crippen LogP contribution < -0.4 is 22.9 Å². The first-order chi connectivity index (χ1) is 5.58. The van der Waals surface area contributed by atoms with E-state index in [1.54, 1.807) is 0 Å². The smallest absolute Gasteiger partial charge is 0.00683 e. The first kappa shape index (κ1) is 9.92. The molecule has 0 heterocycles. The van der Waals surface area contributed by atoms with E-state index in [4.69, 9.17) is 22.9 Å². The molecule has 4 nitrogen and oxygen atoms in total. The van der Waals surface area contributed by atoms with Gasteiger partial charge in [-0.2, -0.15) is 0 Å². The Hall–Kier alpha value is -0.160. The summed E-state index contributed by atoms with van der Waals surface area (Å²) in [5.74, 6) is 0. The van der Waals surface area contributed by atoms with Crippen molar-refractivity contribution < 1.29 is 0 Å². The third kappa shape index (κ3) is 3.06. The Morgan fingerprint density at radius 3 is 0.667 bits per heavy atom. The van der Waals surface area contributed by atoms with E-state index >= 15 is 0 Å². The average Bonchev–Trinajstić information content (AvgIpc) is 1.84. The fourth-order valence-corrected chi connectivity index (χ4v) is 1.42. The molecule has 72 valence electrons. The van der Waals surface area contributed by atoms with E-state index in [-0.39, 0.29) is 0 Å². The monoisotopic (exact) mass is 172 g/mol. The standard InChI is InChI=1S/2C4H10N2/c2*5-3-1-4(6)2-3/h2*3-4H,1-2,5-6H2. The molecular formula is C8H20N4. The maximum atomic E-state index is 5.39. The van der Waals surface area contributed by atoms with Crippen LogP contribution in [-0.2, 0) is 0 Å². The Labute approximate surface area is 73.6 Å². The highest BCUT2D eigenvalue weighted by atomic mass is 14.8. The minimum absolute atomic E-state index is 0.417. The molecule has 0 saturated heterocycles. The molecule has 2 aliphatic rings. The minimum Gasteiger partial charge on any atom is -0.328 e. The van der Waals surface area contributed by atoms with Crippen molar-refractivity contribution in [2.75, 3.05) is 0 Å². The van der Waals surface area contributed by atoms with Crippen LogP contribution in [0.25, 0.3) is 0 Å². The van der Waals surface area contributed by atoms with Gasteiger partial charge in [0, 0.05) is 24.2 Å². The van der Waals surface area contributed by atoms with Crippen LogP contribution in [0.5, 0.6) is 0 Å². The van der Waals surface area contributed by atoms with Gasteiger partial charge in [0.15, 0.2) is 0 Å². The normalized spacial score (nSPS) is 45.0. The molecule has 0 spiro atoms. The molecule has 2 rings (SSSR count). The van der Waals surface area contributed by atoms with Crippen molar-refractivity contribution in [3.05, 3.63) is 0 Å². The van der Waals surface area contributed by atoms with Gasteiger partial charge in [0.2, 0.25) is 0 Å². The van der Waals surface area contributed by atoms with Gasteiger partial charge < -0.3 is 22.9 Å². The number of hydrogen-bond donors (Lipinski definition) is 4. The summed E-state index contributed by atoms with van der Waals surface area (Å²) in [6.45, 7) is 0. The predicted molar refractivity (Wildman–Crippen MR) is 50.4 cm³/mol. The van der Waals surface area contributed by atoms with Crippen LogP contribution in [0.3, 0.4) is 0 Å². The van der Waals surface area contributed by atoms with Crippen LogP contribution in [0, 0.1) is 0 Å². The molecule has 0 unspecified atom stereocenters. The second kappa shape index (κ2) is 4.18. The van der Waals surface area contributed by atoms with Gasteiger partial charge in [0.25, 0.3) is 0 Å². The van der Waals surface area contributed by atoms with E-state index in [0.717, 1.165) is 25.7 Å². The van der Waals surface area contributed by atoms with Crippen molar-refractivity contribution in [1.82, 2.24) is 0 Å². The zero-order valence-corrected chi connectivity index (χ0v) is 7.45. The molecule has 0 aromatic rings. The fraction of sp³-hybridized carbons (Fsp3) is 1.00. The van der Waals surface area contributed by atoms with Crippen LogP contribution in [0.4, 0.5) is 0 Å². The molecule has 0 radical (unpaired) electrons. The third-order valence-corrected chi connectivity index (χ3v) is 2.42. The highest BCUT2D eigenvalue weighted by Gasteiger charge is 2.21. The molecular weight excluding hydrogens is 152 g/mol. The van der Waals surface area contributed by atoms with E-state index < -0.39 is 0 Å². The largest absolute Gasteiger partial charge is 0.328 e. The first-order valence-corrected chi connectivity index (χ1v) is 4.60. The van der Waals surface area contributed by atoms with Crippen molar-refractivity contribution in [3.63, 3.8) is 0 Å². The lowest BCUT2D eigenvalue weighted by Gasteiger charge is -2.28. The van der Waals surface area contributed by atoms with Gasteiger partial charge in [0.05, 0.1) is 0 Å². The van der Waals surface area contributed by atoms with Crippen molar-refractivity contribution in [3.8, 4) is 0 Å². The van der Waals surface area contributed by atoms with Crippen LogP contribution in [0.1, 0.15) is 25.7 Å². The highest BCUT2D eigenvalue weighted by Crippen LogP contribution is 2.14. The van der Waals surface area contributed by atoms with Crippen molar-refractivity contribution >= 4 is 0 Å². The summed E-state index contributed by atoms with van der Waals surface area (Å²) >= 11 is 0. The van der Waals surface area contributed by atoms with Crippen molar-refractivity contribution in [2.24, 2.45) is 22.9 Å². The SMILES string of the molecule is NC1CC(N)C1.NC1CC(N)C1. The zero-order chi connectivity index (χ0) is 9.14. The van der Waals surface area contributed by atoms with Crippen LogP contribution in [0.2, 0.25) is 0 Å². The molecule has 8 N–H and O–H groups in total. The fourth-order valence-electron chi connectivity index (χ4n) is 1.42. The number of rotatable bonds is 0. The number of hydrogen-bond acceptors (Lipinski definition) is 4. The van der Waals surface area contributed by atoms with Crippen LogP contribution in [0.15, 0.2) is 0 Å². The van der Waals surface area contributed by atoms with E-state index in [2.05, 4.69) is 0 Å². The van der Waals surface area contributed by atoms with Gasteiger partial charge in [-0.3, -0.25) is 0 Å². The van der Waals surface area contributed by atoms with Gasteiger partial charge in [-0.05, 0) is 25.7 Å². The third-order valence-electron chi connectivity index (χ3n) is 2.42. The average molecular weight is 172 g/mol. The quantitative estimate of drug-likeness (QED) is 0.371. The second-order valence-electron chi connectivity index (χ2n) is 3.98. The zero-order valence-electron chi connectivity index (χ0n) is 7.45. The van der Waals surface area contributed by atoms with Crippen molar-refractivity contribution in [2.45, 2.75) is 49.9 Å². The molecule has 0 bridgehead atoms. The molecule has 4 heteroatoms. The molecule has 0 aromatic carbocycles. The maximum Gasteiger partial charge on any atom is 0.00683 e. The van der Waals surface area contributed by atoms with Gasteiger partial charge in [-0.15, -0.1) is 0 Å². The Kier molecular flexibility index (Phi) is 3.46. The summed E-state index contributed by atoms with van der Waals surface area (Å²) in [4.78, 5) is 0. The second-order valence-corrected chi connectivity index (χ2v) is 3.98. The minimum atomic E-state index is 0.417. The summed E-state index contributed by atoms with van der Waals surface area (Å²) in [5, 5.41) is 0. The number of nitrogens with two attached hydrogens (primary N) is 4. The van der Waals surface area contributed by atoms with Gasteiger partial charge in [-0.1, -0.05) is 0 Å². The van der Waals surface area contributed by atoms with Crippen LogP contribution >= 0.6 is 0 Å². The first-order valence-electron chi connectivity index (χ1n) is 4.60. The lowest BCUT2D eigenvalue weighted by Crippen LogP contribution is -2.45. The molecule has 0 aromatic heterocycles. The summed E-state index contributed by atoms with van der Waals surface area (Å²) in [6, 6.07) is 1.67. The van der Waals surface area contributed by atoms with Gasteiger partial charge >= 0.3 is 0 Å². The lowest BCUT2D eigenvalue weighted by molar-refractivity contribution is 0.351. The van der Waals surface area contributed by atoms with Crippen LogP contribution in [-0.4, -0.2) is 24.2 Å². The lowest BCUT2D eigenvalue weighted by atomic mass is 9.89. The molecule has 2 aliphatic carbocycles. The highest BCUT2D eigenvalue weighted by molar-refractivity contribution is 4.84. The maximum absolute atomic E-state index is 5.39. The molecule has 2 fully saturated rings. The summed E-state index contributed by atoms with van der Waals surface area (Å²) in [6.07, 6.45) is 4.11. The molecule has 2 saturated carbocycles. The Morgan fingerprint density at radius 1 is 0.500 bits per heavy atom. The van der Waals surface area contributed by atoms with E-state index in [9.17, 15) is 0 Å².